The SMILES string of the molecule is Cc1cccc2nc(CNc3ccc4oc5ccccc5c4c3)cc(=O)n12. The lowest BCUT2D eigenvalue weighted by Gasteiger charge is -2.08. The highest BCUT2D eigenvalue weighted by molar-refractivity contribution is 6.05. The van der Waals surface area contributed by atoms with E-state index in [1.807, 2.05) is 55.5 Å². The van der Waals surface area contributed by atoms with E-state index in [1.165, 1.54) is 0 Å². The molecule has 0 aliphatic rings. The van der Waals surface area contributed by atoms with Gasteiger partial charge >= 0.3 is 0 Å². The predicted molar refractivity (Wildman–Crippen MR) is 107 cm³/mol. The fraction of sp³-hybridized carbons (Fsp3) is 0.0909. The molecule has 5 rings (SSSR count). The molecule has 5 nitrogen and oxygen atoms in total. The molecule has 3 heterocycles. The summed E-state index contributed by atoms with van der Waals surface area (Å²) in [6.07, 6.45) is 0. The number of furan rings is 1. The van der Waals surface area contributed by atoms with Gasteiger partial charge in [-0.05, 0) is 43.3 Å². The topological polar surface area (TPSA) is 59.5 Å². The molecule has 0 spiro atoms. The average molecular weight is 355 g/mol. The summed E-state index contributed by atoms with van der Waals surface area (Å²) in [4.78, 5) is 17.0. The molecule has 0 aliphatic carbocycles. The van der Waals surface area contributed by atoms with Crippen LogP contribution in [0.1, 0.15) is 11.4 Å². The summed E-state index contributed by atoms with van der Waals surface area (Å²) in [5.74, 6) is 0. The summed E-state index contributed by atoms with van der Waals surface area (Å²) in [5, 5.41) is 5.52. The number of hydrogen-bond acceptors (Lipinski definition) is 4. The molecule has 0 atom stereocenters. The molecule has 0 aliphatic heterocycles. The molecular formula is C22H17N3O2. The van der Waals surface area contributed by atoms with Crippen LogP contribution >= 0.6 is 0 Å². The van der Waals surface area contributed by atoms with Crippen molar-refractivity contribution in [3.05, 3.63) is 88.5 Å². The van der Waals surface area contributed by atoms with E-state index in [0.29, 0.717) is 17.9 Å². The van der Waals surface area contributed by atoms with Gasteiger partial charge in [-0.1, -0.05) is 24.3 Å². The fourth-order valence-electron chi connectivity index (χ4n) is 3.48. The summed E-state index contributed by atoms with van der Waals surface area (Å²) < 4.78 is 7.48. The maximum atomic E-state index is 12.4. The van der Waals surface area contributed by atoms with Crippen LogP contribution in [0.15, 0.2) is 75.9 Å². The standard InChI is InChI=1S/C22H17N3O2/c1-14-5-4-8-21-24-16(12-22(26)25(14)21)13-23-15-9-10-20-18(11-15)17-6-2-3-7-19(17)27-20/h2-12,23H,13H2,1H3. The van der Waals surface area contributed by atoms with Gasteiger partial charge in [0.05, 0.1) is 12.2 Å². The largest absolute Gasteiger partial charge is 0.456 e. The van der Waals surface area contributed by atoms with E-state index < -0.39 is 0 Å². The van der Waals surface area contributed by atoms with Gasteiger partial charge in [0.15, 0.2) is 0 Å². The van der Waals surface area contributed by atoms with Crippen molar-refractivity contribution in [2.24, 2.45) is 0 Å². The Morgan fingerprint density at radius 3 is 2.74 bits per heavy atom. The zero-order chi connectivity index (χ0) is 18.4. The van der Waals surface area contributed by atoms with Crippen molar-refractivity contribution in [2.45, 2.75) is 13.5 Å². The number of para-hydroxylation sites is 1. The quantitative estimate of drug-likeness (QED) is 0.517. The third-order valence-corrected chi connectivity index (χ3v) is 4.78. The van der Waals surface area contributed by atoms with Crippen LogP contribution in [0.2, 0.25) is 0 Å². The van der Waals surface area contributed by atoms with Gasteiger partial charge in [-0.25, -0.2) is 4.98 Å². The van der Waals surface area contributed by atoms with Gasteiger partial charge in [-0.3, -0.25) is 9.20 Å². The molecule has 27 heavy (non-hydrogen) atoms. The summed E-state index contributed by atoms with van der Waals surface area (Å²) >= 11 is 0. The van der Waals surface area contributed by atoms with Crippen LogP contribution in [-0.2, 0) is 6.54 Å². The highest BCUT2D eigenvalue weighted by Crippen LogP contribution is 2.30. The van der Waals surface area contributed by atoms with Gasteiger partial charge < -0.3 is 9.73 Å². The van der Waals surface area contributed by atoms with E-state index in [1.54, 1.807) is 10.5 Å². The lowest BCUT2D eigenvalue weighted by atomic mass is 10.1. The highest BCUT2D eigenvalue weighted by Gasteiger charge is 2.08. The van der Waals surface area contributed by atoms with Crippen molar-refractivity contribution >= 4 is 33.3 Å². The molecule has 0 saturated carbocycles. The van der Waals surface area contributed by atoms with Crippen LogP contribution in [0.5, 0.6) is 0 Å². The third-order valence-electron chi connectivity index (χ3n) is 4.78. The number of aromatic nitrogens is 2. The normalized spacial score (nSPS) is 11.4. The molecule has 0 amide bonds. The number of benzene rings is 2. The molecule has 1 N–H and O–H groups in total. The number of anilines is 1. The molecule has 0 bridgehead atoms. The number of pyridine rings is 1. The summed E-state index contributed by atoms with van der Waals surface area (Å²) in [6.45, 7) is 2.37. The Kier molecular flexibility index (Phi) is 3.47. The number of nitrogens with one attached hydrogen (secondary N) is 1. The van der Waals surface area contributed by atoms with Crippen LogP contribution in [0, 0.1) is 6.92 Å². The van der Waals surface area contributed by atoms with E-state index in [2.05, 4.69) is 22.4 Å². The van der Waals surface area contributed by atoms with Crippen molar-refractivity contribution in [3.8, 4) is 0 Å². The number of fused-ring (bicyclic) bond motifs is 4. The van der Waals surface area contributed by atoms with Gasteiger partial charge in [-0.2, -0.15) is 0 Å². The Labute approximate surface area is 154 Å². The molecular weight excluding hydrogens is 338 g/mol. The summed E-state index contributed by atoms with van der Waals surface area (Å²) in [6, 6.07) is 21.2. The van der Waals surface area contributed by atoms with Crippen molar-refractivity contribution in [2.75, 3.05) is 5.32 Å². The van der Waals surface area contributed by atoms with Gasteiger partial charge in [0, 0.05) is 28.2 Å². The molecule has 5 heteroatoms. The maximum Gasteiger partial charge on any atom is 0.258 e. The van der Waals surface area contributed by atoms with Crippen LogP contribution in [0.3, 0.4) is 0 Å². The second-order valence-electron chi connectivity index (χ2n) is 6.61. The van der Waals surface area contributed by atoms with Crippen LogP contribution in [-0.4, -0.2) is 9.38 Å². The zero-order valence-corrected chi connectivity index (χ0v) is 14.8. The Morgan fingerprint density at radius 2 is 1.81 bits per heavy atom. The Bertz CT molecular complexity index is 1360. The van der Waals surface area contributed by atoms with E-state index in [0.717, 1.165) is 33.3 Å². The second kappa shape index (κ2) is 5.99. The molecule has 0 saturated heterocycles. The maximum absolute atomic E-state index is 12.4. The van der Waals surface area contributed by atoms with Crippen LogP contribution < -0.4 is 10.9 Å². The number of nitrogens with zero attached hydrogens (tertiary/aromatic N) is 2. The predicted octanol–water partition coefficient (Wildman–Crippen LogP) is 4.51. The Morgan fingerprint density at radius 1 is 0.963 bits per heavy atom. The molecule has 0 radical (unpaired) electrons. The Hall–Kier alpha value is -3.60. The molecule has 5 aromatic rings. The molecule has 3 aromatic heterocycles. The molecule has 0 unspecified atom stereocenters. The van der Waals surface area contributed by atoms with Gasteiger partial charge in [-0.15, -0.1) is 0 Å². The van der Waals surface area contributed by atoms with Gasteiger partial charge in [0.2, 0.25) is 0 Å². The van der Waals surface area contributed by atoms with Crippen molar-refractivity contribution in [3.63, 3.8) is 0 Å². The first-order valence-electron chi connectivity index (χ1n) is 8.82. The minimum absolute atomic E-state index is 0.0637. The monoisotopic (exact) mass is 355 g/mol. The van der Waals surface area contributed by atoms with Gasteiger partial charge in [0.1, 0.15) is 16.8 Å². The number of aryl methyl sites for hydroxylation is 1. The second-order valence-corrected chi connectivity index (χ2v) is 6.61. The summed E-state index contributed by atoms with van der Waals surface area (Å²) in [7, 11) is 0. The van der Waals surface area contributed by atoms with E-state index in [4.69, 9.17) is 4.42 Å². The van der Waals surface area contributed by atoms with Crippen LogP contribution in [0.4, 0.5) is 5.69 Å². The van der Waals surface area contributed by atoms with Crippen molar-refractivity contribution in [1.82, 2.24) is 9.38 Å². The first-order valence-corrected chi connectivity index (χ1v) is 8.82. The van der Waals surface area contributed by atoms with Crippen LogP contribution in [0.25, 0.3) is 27.6 Å². The van der Waals surface area contributed by atoms with Crippen molar-refractivity contribution in [1.29, 1.82) is 0 Å². The first-order chi connectivity index (χ1) is 13.2. The van der Waals surface area contributed by atoms with E-state index >= 15 is 0 Å². The number of hydrogen-bond donors (Lipinski definition) is 1. The molecule has 0 fully saturated rings. The zero-order valence-electron chi connectivity index (χ0n) is 14.8. The van der Waals surface area contributed by atoms with Crippen molar-refractivity contribution < 1.29 is 4.42 Å². The lowest BCUT2D eigenvalue weighted by molar-refractivity contribution is 0.669. The summed E-state index contributed by atoms with van der Waals surface area (Å²) in [5.41, 5.74) is 4.88. The Balaban J connectivity index is 1.48. The molecule has 2 aromatic carbocycles. The van der Waals surface area contributed by atoms with Gasteiger partial charge in [0.25, 0.3) is 5.56 Å². The highest BCUT2D eigenvalue weighted by atomic mass is 16.3. The first kappa shape index (κ1) is 15.6. The third kappa shape index (κ3) is 2.64. The minimum Gasteiger partial charge on any atom is -0.456 e. The van der Waals surface area contributed by atoms with E-state index in [9.17, 15) is 4.79 Å². The van der Waals surface area contributed by atoms with E-state index in [-0.39, 0.29) is 5.56 Å². The smallest absolute Gasteiger partial charge is 0.258 e. The number of rotatable bonds is 3. The fourth-order valence-corrected chi connectivity index (χ4v) is 3.48. The average Bonchev–Trinajstić information content (AvgIpc) is 3.04. The molecule has 132 valence electrons. The minimum atomic E-state index is -0.0637. The lowest BCUT2D eigenvalue weighted by Crippen LogP contribution is -2.18.